The van der Waals surface area contributed by atoms with E-state index in [0.717, 1.165) is 33.8 Å². The van der Waals surface area contributed by atoms with E-state index in [4.69, 9.17) is 0 Å². The van der Waals surface area contributed by atoms with Gasteiger partial charge >= 0.3 is 0 Å². The molecule has 4 aromatic rings. The zero-order valence-corrected chi connectivity index (χ0v) is 21.0. The minimum Gasteiger partial charge on any atom is -0.342 e. The third kappa shape index (κ3) is 5.00. The fraction of sp³-hybridized carbons (Fsp3) is 0.360. The summed E-state index contributed by atoms with van der Waals surface area (Å²) in [7, 11) is -2.12. The van der Waals surface area contributed by atoms with Gasteiger partial charge in [0, 0.05) is 25.9 Å². The Balaban J connectivity index is 1.60. The lowest BCUT2D eigenvalue weighted by atomic mass is 10.0. The van der Waals surface area contributed by atoms with Gasteiger partial charge in [-0.15, -0.1) is 0 Å². The predicted octanol–water partition coefficient (Wildman–Crippen LogP) is 4.36. The van der Waals surface area contributed by atoms with Crippen molar-refractivity contribution in [1.82, 2.24) is 29.2 Å². The molecular weight excluding hydrogens is 448 g/mol. The summed E-state index contributed by atoms with van der Waals surface area (Å²) in [5, 5.41) is 0. The number of H-pyrrole nitrogens is 1. The van der Waals surface area contributed by atoms with Crippen molar-refractivity contribution in [3.05, 3.63) is 77.4 Å². The lowest BCUT2D eigenvalue weighted by molar-refractivity contribution is 0.317. The molecule has 1 N–H and O–H groups in total. The zero-order chi connectivity index (χ0) is 24.5. The molecule has 3 heterocycles. The van der Waals surface area contributed by atoms with Gasteiger partial charge in [-0.2, -0.15) is 4.31 Å². The van der Waals surface area contributed by atoms with Crippen LogP contribution >= 0.6 is 0 Å². The van der Waals surface area contributed by atoms with Crippen molar-refractivity contribution in [3.63, 3.8) is 0 Å². The first-order chi connectivity index (χ1) is 16.1. The van der Waals surface area contributed by atoms with Gasteiger partial charge in [0.1, 0.15) is 11.3 Å². The number of rotatable bonds is 8. The number of benzene rings is 1. The second kappa shape index (κ2) is 9.60. The predicted molar refractivity (Wildman–Crippen MR) is 132 cm³/mol. The molecule has 0 saturated heterocycles. The summed E-state index contributed by atoms with van der Waals surface area (Å²) in [5.74, 6) is 1.12. The topological polar surface area (TPSA) is 105 Å². The number of hydrogen-bond donors (Lipinski definition) is 1. The number of nitrogens with zero attached hydrogens (tertiary/aromatic N) is 5. The zero-order valence-electron chi connectivity index (χ0n) is 20.1. The van der Waals surface area contributed by atoms with E-state index in [0.29, 0.717) is 18.5 Å². The van der Waals surface area contributed by atoms with Crippen LogP contribution in [-0.4, -0.2) is 44.7 Å². The van der Waals surface area contributed by atoms with Gasteiger partial charge in [0.15, 0.2) is 0 Å². The van der Waals surface area contributed by atoms with Crippen LogP contribution in [0.3, 0.4) is 0 Å². The lowest BCUT2D eigenvalue weighted by Crippen LogP contribution is -2.33. The van der Waals surface area contributed by atoms with Crippen molar-refractivity contribution in [2.45, 2.75) is 51.5 Å². The molecule has 0 saturated carbocycles. The second-order valence-corrected chi connectivity index (χ2v) is 11.0. The molecule has 4 rings (SSSR count). The van der Waals surface area contributed by atoms with Gasteiger partial charge in [0.2, 0.25) is 10.0 Å². The molecule has 0 radical (unpaired) electrons. The van der Waals surface area contributed by atoms with Gasteiger partial charge in [-0.1, -0.05) is 26.0 Å². The first-order valence-corrected chi connectivity index (χ1v) is 12.7. The average molecular weight is 479 g/mol. The van der Waals surface area contributed by atoms with E-state index in [1.165, 1.54) is 4.31 Å². The summed E-state index contributed by atoms with van der Waals surface area (Å²) in [5.41, 5.74) is 5.02. The van der Waals surface area contributed by atoms with E-state index >= 15 is 0 Å². The fourth-order valence-electron chi connectivity index (χ4n) is 4.09. The largest absolute Gasteiger partial charge is 0.342 e. The number of aromatic nitrogens is 5. The Bertz CT molecular complexity index is 1400. The molecule has 0 fully saturated rings. The normalized spacial score (nSPS) is 13.1. The number of imidazole rings is 1. The molecule has 9 heteroatoms. The molecule has 1 unspecified atom stereocenters. The molecule has 34 heavy (non-hydrogen) atoms. The van der Waals surface area contributed by atoms with Crippen LogP contribution in [0.4, 0.5) is 0 Å². The van der Waals surface area contributed by atoms with Gasteiger partial charge in [-0.25, -0.2) is 13.4 Å². The van der Waals surface area contributed by atoms with Gasteiger partial charge in [-0.3, -0.25) is 15.0 Å². The van der Waals surface area contributed by atoms with E-state index in [9.17, 15) is 8.42 Å². The smallest absolute Gasteiger partial charge is 0.243 e. The molecule has 1 atom stereocenters. The Hall–Kier alpha value is -3.17. The van der Waals surface area contributed by atoms with E-state index in [1.807, 2.05) is 32.0 Å². The van der Waals surface area contributed by atoms with Crippen LogP contribution < -0.4 is 0 Å². The van der Waals surface area contributed by atoms with Gasteiger partial charge in [0.05, 0.1) is 39.7 Å². The van der Waals surface area contributed by atoms with Gasteiger partial charge < -0.3 is 4.98 Å². The van der Waals surface area contributed by atoms with Crippen molar-refractivity contribution >= 4 is 21.1 Å². The molecule has 0 aliphatic rings. The number of pyridine rings is 1. The fourth-order valence-corrected chi connectivity index (χ4v) is 5.44. The maximum absolute atomic E-state index is 13.5. The first kappa shape index (κ1) is 24.0. The maximum Gasteiger partial charge on any atom is 0.243 e. The van der Waals surface area contributed by atoms with Crippen LogP contribution in [0.2, 0.25) is 0 Å². The highest BCUT2D eigenvalue weighted by Crippen LogP contribution is 2.30. The van der Waals surface area contributed by atoms with Crippen molar-refractivity contribution < 1.29 is 8.42 Å². The Morgan fingerprint density at radius 2 is 1.76 bits per heavy atom. The third-order valence-corrected chi connectivity index (χ3v) is 7.70. The van der Waals surface area contributed by atoms with E-state index in [-0.39, 0.29) is 10.8 Å². The first-order valence-electron chi connectivity index (χ1n) is 11.3. The number of aryl methyl sites for hydroxylation is 2. The van der Waals surface area contributed by atoms with Gasteiger partial charge in [-0.05, 0) is 49.9 Å². The molecule has 3 aromatic heterocycles. The summed E-state index contributed by atoms with van der Waals surface area (Å²) >= 11 is 0. The van der Waals surface area contributed by atoms with Crippen LogP contribution in [0.25, 0.3) is 11.0 Å². The lowest BCUT2D eigenvalue weighted by Gasteiger charge is -2.28. The third-order valence-electron chi connectivity index (χ3n) is 5.82. The Morgan fingerprint density at radius 1 is 1.03 bits per heavy atom. The molecule has 0 aliphatic heterocycles. The van der Waals surface area contributed by atoms with Crippen molar-refractivity contribution in [3.8, 4) is 0 Å². The summed E-state index contributed by atoms with van der Waals surface area (Å²) in [6, 6.07) is 8.49. The van der Waals surface area contributed by atoms with Crippen molar-refractivity contribution in [2.24, 2.45) is 5.92 Å². The second-order valence-electron chi connectivity index (χ2n) is 9.05. The standard InChI is InChI=1S/C25H30N6O2S/c1-16(2)12-24(23-15-26-14-17(3)28-23)31(5)34(32,33)20-8-6-19(7-9-20)13-22-25-21(10-11-27-22)29-18(4)30-25/h6-11,14-16,24H,12-13H2,1-5H3,(H,29,30). The highest BCUT2D eigenvalue weighted by atomic mass is 32.2. The summed E-state index contributed by atoms with van der Waals surface area (Å²) in [4.78, 5) is 21.3. The summed E-state index contributed by atoms with van der Waals surface area (Å²) in [6.45, 7) is 7.91. The van der Waals surface area contributed by atoms with Crippen LogP contribution in [0.15, 0.2) is 53.8 Å². The summed E-state index contributed by atoms with van der Waals surface area (Å²) < 4.78 is 28.4. The molecule has 0 aliphatic carbocycles. The van der Waals surface area contributed by atoms with E-state index in [2.05, 4.69) is 38.8 Å². The van der Waals surface area contributed by atoms with E-state index in [1.54, 1.807) is 37.8 Å². The molecule has 0 bridgehead atoms. The maximum atomic E-state index is 13.5. The Labute approximate surface area is 200 Å². The minimum atomic E-state index is -3.73. The number of hydrogen-bond acceptors (Lipinski definition) is 6. The number of fused-ring (bicyclic) bond motifs is 1. The highest BCUT2D eigenvalue weighted by Gasteiger charge is 2.31. The van der Waals surface area contributed by atoms with Crippen molar-refractivity contribution in [1.29, 1.82) is 0 Å². The molecular formula is C25H30N6O2S. The minimum absolute atomic E-state index is 0.245. The molecule has 0 amide bonds. The van der Waals surface area contributed by atoms with Crippen LogP contribution in [0, 0.1) is 19.8 Å². The number of sulfonamides is 1. The average Bonchev–Trinajstić information content (AvgIpc) is 3.18. The molecule has 1 aromatic carbocycles. The Kier molecular flexibility index (Phi) is 6.77. The SMILES string of the molecule is Cc1cncc(C(CC(C)C)N(C)S(=O)(=O)c2ccc(Cc3nccc4[nH]c(C)nc34)cc2)n1. The highest BCUT2D eigenvalue weighted by molar-refractivity contribution is 7.89. The van der Waals surface area contributed by atoms with E-state index < -0.39 is 16.1 Å². The van der Waals surface area contributed by atoms with Crippen LogP contribution in [0.1, 0.15) is 54.8 Å². The van der Waals surface area contributed by atoms with Crippen LogP contribution in [0.5, 0.6) is 0 Å². The van der Waals surface area contributed by atoms with Gasteiger partial charge in [0.25, 0.3) is 0 Å². The van der Waals surface area contributed by atoms with Crippen molar-refractivity contribution in [2.75, 3.05) is 7.05 Å². The van der Waals surface area contributed by atoms with Crippen LogP contribution in [-0.2, 0) is 16.4 Å². The molecule has 8 nitrogen and oxygen atoms in total. The molecule has 178 valence electrons. The Morgan fingerprint density at radius 3 is 2.44 bits per heavy atom. The quantitative estimate of drug-likeness (QED) is 0.403. The monoisotopic (exact) mass is 478 g/mol. The molecule has 0 spiro atoms. The number of nitrogens with one attached hydrogen (secondary N) is 1. The summed E-state index contributed by atoms with van der Waals surface area (Å²) in [6.07, 6.45) is 6.28. The number of aromatic amines is 1.